The molecule has 0 aliphatic carbocycles. The Bertz CT molecular complexity index is 185. The maximum absolute atomic E-state index is 5.19. The van der Waals surface area contributed by atoms with Crippen LogP contribution in [0.25, 0.3) is 0 Å². The molecule has 2 heteroatoms. The highest BCUT2D eigenvalue weighted by molar-refractivity contribution is 4.85. The van der Waals surface area contributed by atoms with Crippen LogP contribution in [0.2, 0.25) is 0 Å². The number of unbranched alkanes of at least 4 members (excludes halogenated alkanes) is 2. The van der Waals surface area contributed by atoms with E-state index >= 15 is 0 Å². The van der Waals surface area contributed by atoms with Crippen LogP contribution in [0.1, 0.15) is 32.6 Å². The summed E-state index contributed by atoms with van der Waals surface area (Å²) >= 11 is 0. The molecule has 0 amide bonds. The summed E-state index contributed by atoms with van der Waals surface area (Å²) in [6, 6.07) is 1.43. The highest BCUT2D eigenvalue weighted by atomic mass is 15.2. The first-order valence-corrected chi connectivity index (χ1v) is 5.61. The van der Waals surface area contributed by atoms with E-state index in [4.69, 9.17) is 6.42 Å². The third kappa shape index (κ3) is 3.69. The van der Waals surface area contributed by atoms with Gasteiger partial charge in [0.05, 0.1) is 0 Å². The molecule has 1 aliphatic heterocycles. The van der Waals surface area contributed by atoms with Crippen LogP contribution in [0.4, 0.5) is 0 Å². The molecule has 0 bridgehead atoms. The monoisotopic (exact) mass is 194 g/mol. The Labute approximate surface area is 88.1 Å². The summed E-state index contributed by atoms with van der Waals surface area (Å²) in [7, 11) is 2.20. The Balaban J connectivity index is 2.01. The first-order valence-electron chi connectivity index (χ1n) is 5.61. The van der Waals surface area contributed by atoms with Crippen molar-refractivity contribution in [1.82, 2.24) is 10.2 Å². The van der Waals surface area contributed by atoms with Crippen LogP contribution in [-0.4, -0.2) is 37.1 Å². The molecule has 80 valence electrons. The lowest BCUT2D eigenvalue weighted by Gasteiger charge is -2.13. The Hall–Kier alpha value is -0.520. The zero-order chi connectivity index (χ0) is 10.4. The predicted molar refractivity (Wildman–Crippen MR) is 61.2 cm³/mol. The smallest absolute Gasteiger partial charge is 0.0209 e. The molecule has 0 aromatic heterocycles. The molecule has 0 radical (unpaired) electrons. The average molecular weight is 194 g/mol. The molecular weight excluding hydrogens is 172 g/mol. The molecule has 1 fully saturated rings. The zero-order valence-electron chi connectivity index (χ0n) is 9.42. The number of rotatable bonds is 5. The van der Waals surface area contributed by atoms with Gasteiger partial charge in [0.2, 0.25) is 0 Å². The van der Waals surface area contributed by atoms with Gasteiger partial charge in [-0.3, -0.25) is 0 Å². The van der Waals surface area contributed by atoms with Crippen LogP contribution in [-0.2, 0) is 0 Å². The lowest BCUT2D eigenvalue weighted by Crippen LogP contribution is -2.32. The maximum atomic E-state index is 5.19. The fraction of sp³-hybridized carbons (Fsp3) is 0.833. The van der Waals surface area contributed by atoms with Crippen molar-refractivity contribution in [3.63, 3.8) is 0 Å². The minimum atomic E-state index is 0.695. The first-order chi connectivity index (χ1) is 6.74. The molecule has 0 aromatic carbocycles. The summed E-state index contributed by atoms with van der Waals surface area (Å²) in [6.07, 6.45) is 9.76. The van der Waals surface area contributed by atoms with Crippen molar-refractivity contribution < 1.29 is 0 Å². The van der Waals surface area contributed by atoms with E-state index in [0.29, 0.717) is 6.04 Å². The topological polar surface area (TPSA) is 15.3 Å². The molecule has 14 heavy (non-hydrogen) atoms. The second-order valence-electron chi connectivity index (χ2n) is 4.34. The molecular formula is C12H22N2. The van der Waals surface area contributed by atoms with Crippen LogP contribution >= 0.6 is 0 Å². The average Bonchev–Trinajstić information content (AvgIpc) is 2.46. The van der Waals surface area contributed by atoms with E-state index in [1.807, 2.05) is 0 Å². The van der Waals surface area contributed by atoms with Crippen molar-refractivity contribution in [2.24, 2.45) is 0 Å². The number of nitrogens with one attached hydrogen (secondary N) is 1. The Morgan fingerprint density at radius 1 is 1.50 bits per heavy atom. The number of hydrogen-bond donors (Lipinski definition) is 1. The van der Waals surface area contributed by atoms with Crippen LogP contribution in [0.3, 0.4) is 0 Å². The van der Waals surface area contributed by atoms with Crippen LogP contribution in [0.5, 0.6) is 0 Å². The van der Waals surface area contributed by atoms with Gasteiger partial charge >= 0.3 is 0 Å². The van der Waals surface area contributed by atoms with Gasteiger partial charge in [-0.15, -0.1) is 12.3 Å². The van der Waals surface area contributed by atoms with Crippen LogP contribution < -0.4 is 5.32 Å². The van der Waals surface area contributed by atoms with Gasteiger partial charge in [-0.2, -0.15) is 0 Å². The number of hydrogen-bond acceptors (Lipinski definition) is 2. The SMILES string of the molecule is C#CCCCCNC1CC(C)N(C)C1. The summed E-state index contributed by atoms with van der Waals surface area (Å²) in [5.74, 6) is 2.67. The number of likely N-dealkylation sites (tertiary alicyclic amines) is 1. The molecule has 2 nitrogen and oxygen atoms in total. The van der Waals surface area contributed by atoms with Gasteiger partial charge in [-0.25, -0.2) is 0 Å². The van der Waals surface area contributed by atoms with Gasteiger partial charge < -0.3 is 10.2 Å². The molecule has 2 unspecified atom stereocenters. The van der Waals surface area contributed by atoms with E-state index in [9.17, 15) is 0 Å². The highest BCUT2D eigenvalue weighted by Crippen LogP contribution is 2.14. The van der Waals surface area contributed by atoms with Crippen molar-refractivity contribution in [2.45, 2.75) is 44.7 Å². The fourth-order valence-electron chi connectivity index (χ4n) is 2.00. The Morgan fingerprint density at radius 2 is 2.29 bits per heavy atom. The van der Waals surface area contributed by atoms with E-state index in [1.54, 1.807) is 0 Å². The van der Waals surface area contributed by atoms with E-state index in [0.717, 1.165) is 25.4 Å². The van der Waals surface area contributed by atoms with Crippen molar-refractivity contribution in [1.29, 1.82) is 0 Å². The zero-order valence-corrected chi connectivity index (χ0v) is 9.42. The van der Waals surface area contributed by atoms with Crippen LogP contribution in [0, 0.1) is 12.3 Å². The van der Waals surface area contributed by atoms with E-state index in [-0.39, 0.29) is 0 Å². The molecule has 0 saturated carbocycles. The lowest BCUT2D eigenvalue weighted by molar-refractivity contribution is 0.326. The molecule has 1 aliphatic rings. The van der Waals surface area contributed by atoms with Gasteiger partial charge in [0.15, 0.2) is 0 Å². The van der Waals surface area contributed by atoms with Crippen LogP contribution in [0.15, 0.2) is 0 Å². The quantitative estimate of drug-likeness (QED) is 0.527. The minimum absolute atomic E-state index is 0.695. The third-order valence-corrected chi connectivity index (χ3v) is 3.07. The molecule has 1 rings (SSSR count). The Morgan fingerprint density at radius 3 is 2.86 bits per heavy atom. The predicted octanol–water partition coefficient (Wildman–Crippen LogP) is 1.47. The van der Waals surface area contributed by atoms with Crippen molar-refractivity contribution >= 4 is 0 Å². The molecule has 1 N–H and O–H groups in total. The summed E-state index contributed by atoms with van der Waals surface area (Å²) in [5, 5.41) is 3.59. The van der Waals surface area contributed by atoms with Gasteiger partial charge in [-0.05, 0) is 39.8 Å². The molecule has 0 spiro atoms. The maximum Gasteiger partial charge on any atom is 0.0209 e. The minimum Gasteiger partial charge on any atom is -0.313 e. The van der Waals surface area contributed by atoms with E-state index < -0.39 is 0 Å². The number of nitrogens with zero attached hydrogens (tertiary/aromatic N) is 1. The molecule has 1 heterocycles. The fourth-order valence-corrected chi connectivity index (χ4v) is 2.00. The van der Waals surface area contributed by atoms with Crippen molar-refractivity contribution in [3.8, 4) is 12.3 Å². The normalized spacial score (nSPS) is 27.8. The molecule has 0 aromatic rings. The second-order valence-corrected chi connectivity index (χ2v) is 4.34. The van der Waals surface area contributed by atoms with Gasteiger partial charge in [0.25, 0.3) is 0 Å². The summed E-state index contributed by atoms with van der Waals surface area (Å²) in [6.45, 7) is 4.60. The highest BCUT2D eigenvalue weighted by Gasteiger charge is 2.24. The van der Waals surface area contributed by atoms with Crippen molar-refractivity contribution in [2.75, 3.05) is 20.1 Å². The third-order valence-electron chi connectivity index (χ3n) is 3.07. The van der Waals surface area contributed by atoms with Gasteiger partial charge in [0, 0.05) is 25.0 Å². The van der Waals surface area contributed by atoms with E-state index in [1.165, 1.54) is 19.4 Å². The number of terminal acetylenes is 1. The Kier molecular flexibility index (Phi) is 5.00. The second kappa shape index (κ2) is 6.06. The summed E-state index contributed by atoms with van der Waals surface area (Å²) in [5.41, 5.74) is 0. The van der Waals surface area contributed by atoms with Gasteiger partial charge in [-0.1, -0.05) is 0 Å². The largest absolute Gasteiger partial charge is 0.313 e. The molecule has 2 atom stereocenters. The lowest BCUT2D eigenvalue weighted by atomic mass is 10.2. The standard InChI is InChI=1S/C12H22N2/c1-4-5-6-7-8-13-12-9-11(2)14(3)10-12/h1,11-13H,5-10H2,2-3H3. The summed E-state index contributed by atoms with van der Waals surface area (Å²) in [4.78, 5) is 2.42. The van der Waals surface area contributed by atoms with Crippen molar-refractivity contribution in [3.05, 3.63) is 0 Å². The van der Waals surface area contributed by atoms with E-state index in [2.05, 4.69) is 30.1 Å². The molecule has 1 saturated heterocycles. The summed E-state index contributed by atoms with van der Waals surface area (Å²) < 4.78 is 0. The van der Waals surface area contributed by atoms with Gasteiger partial charge in [0.1, 0.15) is 0 Å². The number of likely N-dealkylation sites (N-methyl/N-ethyl adjacent to an activating group) is 1. The first kappa shape index (κ1) is 11.6.